The zero-order valence-electron chi connectivity index (χ0n) is 12.9. The van der Waals surface area contributed by atoms with Crippen molar-refractivity contribution in [3.63, 3.8) is 0 Å². The van der Waals surface area contributed by atoms with Crippen LogP contribution in [0, 0.1) is 0 Å². The van der Waals surface area contributed by atoms with Crippen LogP contribution in [-0.4, -0.2) is 48.5 Å². The van der Waals surface area contributed by atoms with Gasteiger partial charge in [-0.25, -0.2) is 4.98 Å². The topological polar surface area (TPSA) is 57.3 Å². The molecule has 2 N–H and O–H groups in total. The Balaban J connectivity index is 1.76. The van der Waals surface area contributed by atoms with Crippen LogP contribution in [0.1, 0.15) is 43.0 Å². The van der Waals surface area contributed by atoms with Gasteiger partial charge in [0.2, 0.25) is 0 Å². The molecule has 2 heterocycles. The van der Waals surface area contributed by atoms with Gasteiger partial charge in [-0.15, -0.1) is 0 Å². The van der Waals surface area contributed by atoms with Crippen LogP contribution in [-0.2, 0) is 0 Å². The molecular formula is C16H26N4O. The number of pyridine rings is 1. The number of anilines is 1. The third-order valence-corrected chi connectivity index (χ3v) is 3.73. The molecule has 1 aliphatic heterocycles. The third-order valence-electron chi connectivity index (χ3n) is 3.73. The maximum atomic E-state index is 12.2. The molecule has 0 atom stereocenters. The lowest BCUT2D eigenvalue weighted by atomic mass is 10.2. The first-order valence-electron chi connectivity index (χ1n) is 8.00. The number of nitrogens with zero attached hydrogens (tertiary/aromatic N) is 2. The second-order valence-electron chi connectivity index (χ2n) is 5.48. The maximum absolute atomic E-state index is 12.2. The highest BCUT2D eigenvalue weighted by Gasteiger charge is 2.13. The summed E-state index contributed by atoms with van der Waals surface area (Å²) < 4.78 is 0. The number of nitrogens with one attached hydrogen (secondary N) is 2. The average molecular weight is 290 g/mol. The average Bonchev–Trinajstić information content (AvgIpc) is 3.03. The van der Waals surface area contributed by atoms with E-state index in [1.165, 1.54) is 25.9 Å². The van der Waals surface area contributed by atoms with E-state index in [2.05, 4.69) is 27.4 Å². The van der Waals surface area contributed by atoms with Gasteiger partial charge in [0.1, 0.15) is 5.82 Å². The highest BCUT2D eigenvalue weighted by Crippen LogP contribution is 2.11. The second-order valence-corrected chi connectivity index (χ2v) is 5.48. The van der Waals surface area contributed by atoms with Crippen LogP contribution in [0.15, 0.2) is 18.3 Å². The van der Waals surface area contributed by atoms with E-state index in [4.69, 9.17) is 0 Å². The molecule has 0 spiro atoms. The lowest BCUT2D eigenvalue weighted by Gasteiger charge is -2.15. The van der Waals surface area contributed by atoms with Crippen LogP contribution >= 0.6 is 0 Å². The number of rotatable bonds is 8. The summed E-state index contributed by atoms with van der Waals surface area (Å²) in [6.45, 7) is 7.13. The summed E-state index contributed by atoms with van der Waals surface area (Å²) in [4.78, 5) is 18.9. The minimum Gasteiger partial charge on any atom is -0.369 e. The Labute approximate surface area is 127 Å². The molecule has 0 saturated carbocycles. The van der Waals surface area contributed by atoms with E-state index < -0.39 is 0 Å². The van der Waals surface area contributed by atoms with Crippen LogP contribution in [0.2, 0.25) is 0 Å². The zero-order valence-corrected chi connectivity index (χ0v) is 12.9. The van der Waals surface area contributed by atoms with Gasteiger partial charge in [-0.2, -0.15) is 0 Å². The molecule has 1 aromatic heterocycles. The molecule has 0 aliphatic carbocycles. The van der Waals surface area contributed by atoms with E-state index in [1.54, 1.807) is 12.3 Å². The van der Waals surface area contributed by atoms with E-state index in [0.29, 0.717) is 11.4 Å². The standard InChI is InChI=1S/C16H26N4O/c1-2-8-17-15-14(7-5-9-18-15)16(21)19-10-6-13-20-11-3-4-12-20/h5,7,9H,2-4,6,8,10-13H2,1H3,(H,17,18)(H,19,21). The molecule has 0 unspecified atom stereocenters. The lowest BCUT2D eigenvalue weighted by molar-refractivity contribution is 0.0952. The Morgan fingerprint density at radius 2 is 2.14 bits per heavy atom. The number of hydrogen-bond donors (Lipinski definition) is 2. The lowest BCUT2D eigenvalue weighted by Crippen LogP contribution is -2.29. The van der Waals surface area contributed by atoms with E-state index in [1.807, 2.05) is 6.07 Å². The third kappa shape index (κ3) is 5.01. The van der Waals surface area contributed by atoms with E-state index >= 15 is 0 Å². The number of aromatic nitrogens is 1. The number of likely N-dealkylation sites (tertiary alicyclic amines) is 1. The molecule has 1 amide bonds. The van der Waals surface area contributed by atoms with Gasteiger partial charge in [0.05, 0.1) is 5.56 Å². The molecule has 0 bridgehead atoms. The molecule has 1 aliphatic rings. The van der Waals surface area contributed by atoms with Crippen molar-refractivity contribution in [1.29, 1.82) is 0 Å². The Kier molecular flexibility index (Phi) is 6.47. The van der Waals surface area contributed by atoms with Crippen LogP contribution in [0.3, 0.4) is 0 Å². The van der Waals surface area contributed by atoms with Crippen molar-refractivity contribution in [2.75, 3.05) is 38.0 Å². The summed E-state index contributed by atoms with van der Waals surface area (Å²) in [5.74, 6) is 0.638. The van der Waals surface area contributed by atoms with Gasteiger partial charge in [0.15, 0.2) is 0 Å². The molecule has 0 aromatic carbocycles. The van der Waals surface area contributed by atoms with Crippen molar-refractivity contribution in [3.8, 4) is 0 Å². The van der Waals surface area contributed by atoms with Gasteiger partial charge in [-0.1, -0.05) is 6.92 Å². The van der Waals surface area contributed by atoms with Gasteiger partial charge >= 0.3 is 0 Å². The molecule has 1 saturated heterocycles. The number of hydrogen-bond acceptors (Lipinski definition) is 4. The molecule has 116 valence electrons. The molecule has 5 nitrogen and oxygen atoms in total. The smallest absolute Gasteiger partial charge is 0.255 e. The first-order chi connectivity index (χ1) is 10.3. The molecule has 21 heavy (non-hydrogen) atoms. The first kappa shape index (κ1) is 15.8. The van der Waals surface area contributed by atoms with Crippen LogP contribution in [0.4, 0.5) is 5.82 Å². The van der Waals surface area contributed by atoms with E-state index in [-0.39, 0.29) is 5.91 Å². The fraction of sp³-hybridized carbons (Fsp3) is 0.625. The number of carbonyl (C=O) groups is 1. The second kappa shape index (κ2) is 8.62. The number of carbonyl (C=O) groups excluding carboxylic acids is 1. The highest BCUT2D eigenvalue weighted by atomic mass is 16.1. The van der Waals surface area contributed by atoms with Crippen molar-refractivity contribution < 1.29 is 4.79 Å². The zero-order chi connectivity index (χ0) is 14.9. The highest BCUT2D eigenvalue weighted by molar-refractivity contribution is 5.98. The van der Waals surface area contributed by atoms with Crippen molar-refractivity contribution in [3.05, 3.63) is 23.9 Å². The van der Waals surface area contributed by atoms with E-state index in [9.17, 15) is 4.79 Å². The molecule has 5 heteroatoms. The maximum Gasteiger partial charge on any atom is 0.255 e. The monoisotopic (exact) mass is 290 g/mol. The molecule has 1 aromatic rings. The Hall–Kier alpha value is -1.62. The summed E-state index contributed by atoms with van der Waals surface area (Å²) in [6.07, 6.45) is 6.35. The van der Waals surface area contributed by atoms with Gasteiger partial charge in [0.25, 0.3) is 5.91 Å². The molecular weight excluding hydrogens is 264 g/mol. The van der Waals surface area contributed by atoms with Gasteiger partial charge in [-0.3, -0.25) is 4.79 Å². The first-order valence-corrected chi connectivity index (χ1v) is 8.00. The van der Waals surface area contributed by atoms with Crippen molar-refractivity contribution in [1.82, 2.24) is 15.2 Å². The van der Waals surface area contributed by atoms with Crippen molar-refractivity contribution >= 4 is 11.7 Å². The Morgan fingerprint density at radius 3 is 2.90 bits per heavy atom. The van der Waals surface area contributed by atoms with Gasteiger partial charge < -0.3 is 15.5 Å². The fourth-order valence-corrected chi connectivity index (χ4v) is 2.58. The summed E-state index contributed by atoms with van der Waals surface area (Å²) in [5.41, 5.74) is 0.632. The Morgan fingerprint density at radius 1 is 1.33 bits per heavy atom. The largest absolute Gasteiger partial charge is 0.369 e. The Bertz CT molecular complexity index is 444. The number of amides is 1. The predicted molar refractivity (Wildman–Crippen MR) is 85.6 cm³/mol. The van der Waals surface area contributed by atoms with Crippen LogP contribution < -0.4 is 10.6 Å². The normalized spacial score (nSPS) is 15.1. The predicted octanol–water partition coefficient (Wildman–Crippen LogP) is 2.12. The van der Waals surface area contributed by atoms with Crippen molar-refractivity contribution in [2.45, 2.75) is 32.6 Å². The fourth-order valence-electron chi connectivity index (χ4n) is 2.58. The minimum absolute atomic E-state index is 0.0388. The van der Waals surface area contributed by atoms with Crippen molar-refractivity contribution in [2.24, 2.45) is 0 Å². The van der Waals surface area contributed by atoms with Crippen LogP contribution in [0.5, 0.6) is 0 Å². The van der Waals surface area contributed by atoms with Gasteiger partial charge in [-0.05, 0) is 57.5 Å². The van der Waals surface area contributed by atoms with Crippen LogP contribution in [0.25, 0.3) is 0 Å². The van der Waals surface area contributed by atoms with E-state index in [0.717, 1.165) is 32.5 Å². The SMILES string of the molecule is CCCNc1ncccc1C(=O)NCCCN1CCCC1. The molecule has 0 radical (unpaired) electrons. The molecule has 1 fully saturated rings. The molecule has 2 rings (SSSR count). The summed E-state index contributed by atoms with van der Waals surface area (Å²) in [7, 11) is 0. The summed E-state index contributed by atoms with van der Waals surface area (Å²) in [5, 5.41) is 6.19. The quantitative estimate of drug-likeness (QED) is 0.720. The van der Waals surface area contributed by atoms with Gasteiger partial charge in [0, 0.05) is 19.3 Å². The summed E-state index contributed by atoms with van der Waals surface area (Å²) in [6, 6.07) is 3.62. The minimum atomic E-state index is -0.0388. The summed E-state index contributed by atoms with van der Waals surface area (Å²) >= 11 is 0.